The maximum absolute atomic E-state index is 4.18. The smallest absolute Gasteiger partial charge is 0.130 e. The van der Waals surface area contributed by atoms with Gasteiger partial charge in [0.2, 0.25) is 0 Å². The molecule has 2 heterocycles. The topological polar surface area (TPSA) is 24.9 Å². The van der Waals surface area contributed by atoms with Crippen molar-refractivity contribution in [3.8, 4) is 0 Å². The monoisotopic (exact) mass is 190 g/mol. The third kappa shape index (κ3) is 2.06. The second kappa shape index (κ2) is 3.58. The van der Waals surface area contributed by atoms with Crippen molar-refractivity contribution in [1.29, 1.82) is 0 Å². The number of aromatic nitrogens is 1. The number of hydrogen-bond acceptors (Lipinski definition) is 3. The number of rotatable bonds is 2. The molecular weight excluding hydrogens is 180 g/mol. The van der Waals surface area contributed by atoms with Crippen molar-refractivity contribution in [2.24, 2.45) is 0 Å². The molecule has 13 heavy (non-hydrogen) atoms. The zero-order valence-corrected chi connectivity index (χ0v) is 8.14. The summed E-state index contributed by atoms with van der Waals surface area (Å²) in [5.41, 5.74) is 1.28. The zero-order valence-electron chi connectivity index (χ0n) is 7.32. The van der Waals surface area contributed by atoms with Gasteiger partial charge < -0.3 is 5.32 Å². The molecule has 2 aromatic heterocycles. The van der Waals surface area contributed by atoms with E-state index < -0.39 is 0 Å². The molecule has 0 aliphatic heterocycles. The second-order valence-corrected chi connectivity index (χ2v) is 3.74. The Morgan fingerprint density at radius 3 is 2.92 bits per heavy atom. The normalized spacial score (nSPS) is 9.92. The number of hydrogen-bond donors (Lipinski definition) is 1. The maximum atomic E-state index is 4.18. The Labute approximate surface area is 81.3 Å². The molecule has 0 spiro atoms. The fourth-order valence-corrected chi connectivity index (χ4v) is 1.86. The van der Waals surface area contributed by atoms with Crippen LogP contribution in [0.25, 0.3) is 0 Å². The molecule has 0 radical (unpaired) electrons. The summed E-state index contributed by atoms with van der Waals surface area (Å²) >= 11 is 1.69. The van der Waals surface area contributed by atoms with Crippen LogP contribution in [0.2, 0.25) is 0 Å². The van der Waals surface area contributed by atoms with Gasteiger partial charge in [-0.2, -0.15) is 0 Å². The number of nitrogens with one attached hydrogen (secondary N) is 1. The molecule has 0 amide bonds. The first-order valence-electron chi connectivity index (χ1n) is 4.08. The van der Waals surface area contributed by atoms with Crippen LogP contribution < -0.4 is 5.32 Å². The molecule has 0 saturated carbocycles. The van der Waals surface area contributed by atoms with Crippen LogP contribution in [0.3, 0.4) is 0 Å². The number of aryl methyl sites for hydroxylation is 1. The number of pyridine rings is 1. The van der Waals surface area contributed by atoms with Gasteiger partial charge in [-0.05, 0) is 36.1 Å². The quantitative estimate of drug-likeness (QED) is 0.786. The van der Waals surface area contributed by atoms with E-state index in [2.05, 4.69) is 28.7 Å². The van der Waals surface area contributed by atoms with Crippen LogP contribution in [0.5, 0.6) is 0 Å². The van der Waals surface area contributed by atoms with Crippen LogP contribution in [-0.2, 0) is 0 Å². The Kier molecular flexibility index (Phi) is 2.27. The highest BCUT2D eigenvalue weighted by Gasteiger charge is 1.96. The van der Waals surface area contributed by atoms with E-state index in [1.54, 1.807) is 17.5 Å². The molecule has 1 N–H and O–H groups in total. The summed E-state index contributed by atoms with van der Waals surface area (Å²) in [6, 6.07) is 7.94. The van der Waals surface area contributed by atoms with E-state index >= 15 is 0 Å². The molecule has 0 saturated heterocycles. The van der Waals surface area contributed by atoms with Crippen molar-refractivity contribution >= 4 is 22.2 Å². The van der Waals surface area contributed by atoms with E-state index in [1.165, 1.54) is 5.56 Å². The highest BCUT2D eigenvalue weighted by molar-refractivity contribution is 7.14. The van der Waals surface area contributed by atoms with Gasteiger partial charge in [-0.25, -0.2) is 4.98 Å². The molecular formula is C10H10N2S. The molecule has 0 fully saturated rings. The Morgan fingerprint density at radius 1 is 1.38 bits per heavy atom. The highest BCUT2D eigenvalue weighted by atomic mass is 32.1. The summed E-state index contributed by atoms with van der Waals surface area (Å²) in [6.45, 7) is 2.08. The van der Waals surface area contributed by atoms with E-state index in [9.17, 15) is 0 Å². The van der Waals surface area contributed by atoms with Crippen molar-refractivity contribution in [2.45, 2.75) is 6.92 Å². The molecule has 0 aromatic carbocycles. The largest absolute Gasteiger partial charge is 0.332 e. The lowest BCUT2D eigenvalue weighted by Crippen LogP contribution is -1.88. The fraction of sp³-hybridized carbons (Fsp3) is 0.100. The minimum Gasteiger partial charge on any atom is -0.332 e. The first-order chi connectivity index (χ1) is 6.34. The van der Waals surface area contributed by atoms with Gasteiger partial charge in [0.15, 0.2) is 0 Å². The minimum atomic E-state index is 0.893. The van der Waals surface area contributed by atoms with Crippen molar-refractivity contribution in [3.05, 3.63) is 41.4 Å². The average molecular weight is 190 g/mol. The van der Waals surface area contributed by atoms with E-state index in [-0.39, 0.29) is 0 Å². The van der Waals surface area contributed by atoms with Gasteiger partial charge in [-0.1, -0.05) is 6.07 Å². The lowest BCUT2D eigenvalue weighted by atomic mass is 10.4. The van der Waals surface area contributed by atoms with Gasteiger partial charge in [0, 0.05) is 6.20 Å². The van der Waals surface area contributed by atoms with Crippen LogP contribution in [-0.4, -0.2) is 4.98 Å². The standard InChI is InChI=1S/C10H10N2S/c1-8-6-10(13-7-8)12-9-4-2-3-5-11-9/h2-7H,1H3,(H,11,12). The van der Waals surface area contributed by atoms with E-state index in [4.69, 9.17) is 0 Å². The molecule has 0 unspecified atom stereocenters. The summed E-state index contributed by atoms with van der Waals surface area (Å²) in [5.74, 6) is 0.893. The minimum absolute atomic E-state index is 0.893. The summed E-state index contributed by atoms with van der Waals surface area (Å²) < 4.78 is 0. The molecule has 2 rings (SSSR count). The molecule has 66 valence electrons. The van der Waals surface area contributed by atoms with Crippen molar-refractivity contribution in [3.63, 3.8) is 0 Å². The molecule has 0 atom stereocenters. The SMILES string of the molecule is Cc1csc(Nc2ccccn2)c1. The summed E-state index contributed by atoms with van der Waals surface area (Å²) in [5, 5.41) is 6.48. The summed E-state index contributed by atoms with van der Waals surface area (Å²) in [7, 11) is 0. The number of anilines is 2. The van der Waals surface area contributed by atoms with Crippen LogP contribution in [0, 0.1) is 6.92 Å². The lowest BCUT2D eigenvalue weighted by Gasteiger charge is -1.99. The zero-order chi connectivity index (χ0) is 9.10. The molecule has 0 bridgehead atoms. The lowest BCUT2D eigenvalue weighted by molar-refractivity contribution is 1.32. The Hall–Kier alpha value is -1.35. The Balaban J connectivity index is 2.15. The van der Waals surface area contributed by atoms with Gasteiger partial charge in [0.1, 0.15) is 5.82 Å². The second-order valence-electron chi connectivity index (χ2n) is 2.83. The van der Waals surface area contributed by atoms with Crippen LogP contribution in [0.1, 0.15) is 5.56 Å². The highest BCUT2D eigenvalue weighted by Crippen LogP contribution is 2.22. The average Bonchev–Trinajstić information content (AvgIpc) is 2.53. The molecule has 2 nitrogen and oxygen atoms in total. The molecule has 0 aliphatic carbocycles. The number of thiophene rings is 1. The number of nitrogens with zero attached hydrogens (tertiary/aromatic N) is 1. The van der Waals surface area contributed by atoms with Gasteiger partial charge >= 0.3 is 0 Å². The van der Waals surface area contributed by atoms with Crippen LogP contribution in [0.15, 0.2) is 35.8 Å². The third-order valence-corrected chi connectivity index (χ3v) is 2.61. The first-order valence-corrected chi connectivity index (χ1v) is 4.96. The van der Waals surface area contributed by atoms with Gasteiger partial charge in [-0.15, -0.1) is 11.3 Å². The fourth-order valence-electron chi connectivity index (χ4n) is 1.06. The molecule has 3 heteroatoms. The van der Waals surface area contributed by atoms with Gasteiger partial charge in [-0.3, -0.25) is 0 Å². The third-order valence-electron chi connectivity index (χ3n) is 1.65. The first kappa shape index (κ1) is 8.26. The summed E-state index contributed by atoms with van der Waals surface area (Å²) in [4.78, 5) is 4.18. The van der Waals surface area contributed by atoms with Crippen molar-refractivity contribution in [2.75, 3.05) is 5.32 Å². The maximum Gasteiger partial charge on any atom is 0.130 e. The predicted octanol–water partition coefficient (Wildman–Crippen LogP) is 3.20. The van der Waals surface area contributed by atoms with Crippen molar-refractivity contribution < 1.29 is 0 Å². The Morgan fingerprint density at radius 2 is 2.31 bits per heavy atom. The van der Waals surface area contributed by atoms with Gasteiger partial charge in [0.25, 0.3) is 0 Å². The Bertz CT molecular complexity index is 381. The van der Waals surface area contributed by atoms with Crippen LogP contribution >= 0.6 is 11.3 Å². The van der Waals surface area contributed by atoms with E-state index in [1.807, 2.05) is 18.2 Å². The van der Waals surface area contributed by atoms with Gasteiger partial charge in [0.05, 0.1) is 5.00 Å². The van der Waals surface area contributed by atoms with Crippen molar-refractivity contribution in [1.82, 2.24) is 4.98 Å². The predicted molar refractivity (Wildman–Crippen MR) is 56.6 cm³/mol. The molecule has 0 aliphatic rings. The molecule has 2 aromatic rings. The van der Waals surface area contributed by atoms with E-state index in [0.717, 1.165) is 10.8 Å². The van der Waals surface area contributed by atoms with Crippen LogP contribution in [0.4, 0.5) is 10.8 Å². The summed E-state index contributed by atoms with van der Waals surface area (Å²) in [6.07, 6.45) is 1.78. The van der Waals surface area contributed by atoms with E-state index in [0.29, 0.717) is 0 Å².